The molecule has 1 atom stereocenters. The molecule has 0 saturated carbocycles. The van der Waals surface area contributed by atoms with Crippen LogP contribution in [0, 0.1) is 0 Å². The number of imidazole rings is 1. The Kier molecular flexibility index (Phi) is 3.52. The van der Waals surface area contributed by atoms with E-state index in [0.717, 1.165) is 12.2 Å². The topological polar surface area (TPSA) is 29.9 Å². The van der Waals surface area contributed by atoms with Gasteiger partial charge in [-0.2, -0.15) is 0 Å². The van der Waals surface area contributed by atoms with Gasteiger partial charge in [0, 0.05) is 19.4 Å². The summed E-state index contributed by atoms with van der Waals surface area (Å²) < 4.78 is 2.08. The summed E-state index contributed by atoms with van der Waals surface area (Å²) in [6.07, 6.45) is 4.77. The van der Waals surface area contributed by atoms with Crippen LogP contribution in [-0.4, -0.2) is 16.6 Å². The second-order valence-electron chi connectivity index (χ2n) is 5.08. The maximum atomic E-state index is 4.46. The number of rotatable bonds is 4. The first-order valence-corrected chi connectivity index (χ1v) is 6.90. The third kappa shape index (κ3) is 2.32. The van der Waals surface area contributed by atoms with Crippen LogP contribution in [0.15, 0.2) is 54.9 Å². The number of aromatic nitrogens is 2. The van der Waals surface area contributed by atoms with E-state index in [1.165, 1.54) is 16.3 Å². The van der Waals surface area contributed by atoms with E-state index < -0.39 is 0 Å². The van der Waals surface area contributed by atoms with E-state index in [2.05, 4.69) is 57.3 Å². The summed E-state index contributed by atoms with van der Waals surface area (Å²) in [4.78, 5) is 4.46. The summed E-state index contributed by atoms with van der Waals surface area (Å²) in [6, 6.07) is 15.2. The van der Waals surface area contributed by atoms with Crippen LogP contribution in [0.3, 0.4) is 0 Å². The van der Waals surface area contributed by atoms with Crippen LogP contribution in [-0.2, 0) is 13.5 Å². The number of hydrogen-bond donors (Lipinski definition) is 1. The highest BCUT2D eigenvalue weighted by atomic mass is 15.1. The molecule has 102 valence electrons. The number of hydrogen-bond acceptors (Lipinski definition) is 2. The fraction of sp³-hybridized carbons (Fsp3) is 0.235. The lowest BCUT2D eigenvalue weighted by molar-refractivity contribution is 0.540. The number of fused-ring (bicyclic) bond motifs is 1. The van der Waals surface area contributed by atoms with Gasteiger partial charge in [-0.05, 0) is 29.8 Å². The Hall–Kier alpha value is -2.13. The number of aryl methyl sites for hydroxylation is 1. The number of nitrogens with one attached hydrogen (secondary N) is 1. The van der Waals surface area contributed by atoms with Gasteiger partial charge >= 0.3 is 0 Å². The van der Waals surface area contributed by atoms with Gasteiger partial charge in [-0.15, -0.1) is 0 Å². The van der Waals surface area contributed by atoms with Crippen molar-refractivity contribution in [3.8, 4) is 0 Å². The SMILES string of the molecule is CNC(Cc1cccc2ccccc12)c1nccn1C. The average Bonchev–Trinajstić information content (AvgIpc) is 2.91. The Morgan fingerprint density at radius 3 is 2.70 bits per heavy atom. The van der Waals surface area contributed by atoms with Crippen LogP contribution >= 0.6 is 0 Å². The zero-order valence-electron chi connectivity index (χ0n) is 11.9. The first-order chi connectivity index (χ1) is 9.79. The Morgan fingerprint density at radius 1 is 1.15 bits per heavy atom. The minimum Gasteiger partial charge on any atom is -0.337 e. The molecule has 0 aliphatic rings. The highest BCUT2D eigenvalue weighted by Crippen LogP contribution is 2.23. The number of benzene rings is 2. The molecular formula is C17H19N3. The van der Waals surface area contributed by atoms with Crippen LogP contribution < -0.4 is 5.32 Å². The molecule has 1 heterocycles. The van der Waals surface area contributed by atoms with E-state index in [1.54, 1.807) is 0 Å². The molecule has 1 N–H and O–H groups in total. The normalized spacial score (nSPS) is 12.7. The third-order valence-corrected chi connectivity index (χ3v) is 3.82. The number of nitrogens with zero attached hydrogens (tertiary/aromatic N) is 2. The van der Waals surface area contributed by atoms with Crippen molar-refractivity contribution in [2.75, 3.05) is 7.05 Å². The summed E-state index contributed by atoms with van der Waals surface area (Å²) >= 11 is 0. The largest absolute Gasteiger partial charge is 0.337 e. The second-order valence-corrected chi connectivity index (χ2v) is 5.08. The van der Waals surface area contributed by atoms with Crippen molar-refractivity contribution in [1.29, 1.82) is 0 Å². The van der Waals surface area contributed by atoms with Crippen molar-refractivity contribution < 1.29 is 0 Å². The van der Waals surface area contributed by atoms with Crippen LogP contribution in [0.25, 0.3) is 10.8 Å². The quantitative estimate of drug-likeness (QED) is 0.785. The molecule has 0 aliphatic heterocycles. The van der Waals surface area contributed by atoms with Gasteiger partial charge in [-0.25, -0.2) is 4.98 Å². The van der Waals surface area contributed by atoms with E-state index in [0.29, 0.717) is 0 Å². The molecule has 0 saturated heterocycles. The van der Waals surface area contributed by atoms with Gasteiger partial charge < -0.3 is 9.88 Å². The van der Waals surface area contributed by atoms with Crippen molar-refractivity contribution in [3.05, 3.63) is 66.2 Å². The van der Waals surface area contributed by atoms with Gasteiger partial charge in [0.05, 0.1) is 6.04 Å². The lowest BCUT2D eigenvalue weighted by atomic mass is 9.98. The predicted molar refractivity (Wildman–Crippen MR) is 82.7 cm³/mol. The molecule has 3 rings (SSSR count). The van der Waals surface area contributed by atoms with Crippen LogP contribution in [0.2, 0.25) is 0 Å². The summed E-state index contributed by atoms with van der Waals surface area (Å²) in [7, 11) is 4.03. The summed E-state index contributed by atoms with van der Waals surface area (Å²) in [6.45, 7) is 0. The predicted octanol–water partition coefficient (Wildman–Crippen LogP) is 3.08. The first-order valence-electron chi connectivity index (χ1n) is 6.90. The minimum atomic E-state index is 0.223. The minimum absolute atomic E-state index is 0.223. The smallest absolute Gasteiger partial charge is 0.125 e. The van der Waals surface area contributed by atoms with Crippen LogP contribution in [0.5, 0.6) is 0 Å². The number of likely N-dealkylation sites (N-methyl/N-ethyl adjacent to an activating group) is 1. The highest BCUT2D eigenvalue weighted by molar-refractivity contribution is 5.85. The van der Waals surface area contributed by atoms with E-state index in [1.807, 2.05) is 26.5 Å². The van der Waals surface area contributed by atoms with Gasteiger partial charge in [0.25, 0.3) is 0 Å². The van der Waals surface area contributed by atoms with E-state index in [9.17, 15) is 0 Å². The standard InChI is InChI=1S/C17H19N3/c1-18-16(17-19-10-11-20(17)2)12-14-8-5-7-13-6-3-4-9-15(13)14/h3-11,16,18H,12H2,1-2H3. The van der Waals surface area contributed by atoms with Gasteiger partial charge in [-0.3, -0.25) is 0 Å². The lowest BCUT2D eigenvalue weighted by Crippen LogP contribution is -2.22. The monoisotopic (exact) mass is 265 g/mol. The van der Waals surface area contributed by atoms with Crippen molar-refractivity contribution >= 4 is 10.8 Å². The fourth-order valence-corrected chi connectivity index (χ4v) is 2.73. The zero-order valence-corrected chi connectivity index (χ0v) is 11.9. The maximum Gasteiger partial charge on any atom is 0.125 e. The van der Waals surface area contributed by atoms with Crippen LogP contribution in [0.1, 0.15) is 17.4 Å². The van der Waals surface area contributed by atoms with Gasteiger partial charge in [-0.1, -0.05) is 42.5 Å². The fourth-order valence-electron chi connectivity index (χ4n) is 2.73. The lowest BCUT2D eigenvalue weighted by Gasteiger charge is -2.17. The maximum absolute atomic E-state index is 4.46. The summed E-state index contributed by atoms with van der Waals surface area (Å²) in [5, 5.41) is 5.99. The van der Waals surface area contributed by atoms with Gasteiger partial charge in [0.15, 0.2) is 0 Å². The molecule has 0 amide bonds. The molecular weight excluding hydrogens is 246 g/mol. The molecule has 20 heavy (non-hydrogen) atoms. The molecule has 0 spiro atoms. The Balaban J connectivity index is 1.98. The molecule has 3 nitrogen and oxygen atoms in total. The van der Waals surface area contributed by atoms with E-state index in [-0.39, 0.29) is 6.04 Å². The second kappa shape index (κ2) is 5.47. The van der Waals surface area contributed by atoms with Crippen molar-refractivity contribution in [2.45, 2.75) is 12.5 Å². The third-order valence-electron chi connectivity index (χ3n) is 3.82. The molecule has 1 aromatic heterocycles. The Morgan fingerprint density at radius 2 is 1.95 bits per heavy atom. The van der Waals surface area contributed by atoms with Gasteiger partial charge in [0.2, 0.25) is 0 Å². The molecule has 2 aromatic carbocycles. The van der Waals surface area contributed by atoms with Gasteiger partial charge in [0.1, 0.15) is 5.82 Å². The van der Waals surface area contributed by atoms with E-state index >= 15 is 0 Å². The highest BCUT2D eigenvalue weighted by Gasteiger charge is 2.15. The Labute approximate surface area is 119 Å². The molecule has 0 fully saturated rings. The summed E-state index contributed by atoms with van der Waals surface area (Å²) in [5.41, 5.74) is 1.35. The van der Waals surface area contributed by atoms with Crippen molar-refractivity contribution in [1.82, 2.24) is 14.9 Å². The Bertz CT molecular complexity index is 710. The molecule has 3 aromatic rings. The van der Waals surface area contributed by atoms with Crippen molar-refractivity contribution in [2.24, 2.45) is 7.05 Å². The molecule has 3 heteroatoms. The first kappa shape index (κ1) is 12.9. The average molecular weight is 265 g/mol. The molecule has 0 radical (unpaired) electrons. The van der Waals surface area contributed by atoms with E-state index in [4.69, 9.17) is 0 Å². The molecule has 0 bridgehead atoms. The van der Waals surface area contributed by atoms with Crippen molar-refractivity contribution in [3.63, 3.8) is 0 Å². The van der Waals surface area contributed by atoms with Crippen LogP contribution in [0.4, 0.5) is 0 Å². The zero-order chi connectivity index (χ0) is 13.9. The summed E-state index contributed by atoms with van der Waals surface area (Å²) in [5.74, 6) is 1.07. The molecule has 0 aliphatic carbocycles. The molecule has 1 unspecified atom stereocenters.